The molecule has 0 radical (unpaired) electrons. The van der Waals surface area contributed by atoms with E-state index in [-0.39, 0.29) is 11.7 Å². The maximum absolute atomic E-state index is 12.9. The molecule has 0 aliphatic heterocycles. The molecule has 1 aromatic heterocycles. The van der Waals surface area contributed by atoms with Crippen LogP contribution in [-0.2, 0) is 4.79 Å². The van der Waals surface area contributed by atoms with E-state index in [1.54, 1.807) is 11.9 Å². The quantitative estimate of drug-likeness (QED) is 0.500. The Morgan fingerprint density at radius 3 is 2.16 bits per heavy atom. The van der Waals surface area contributed by atoms with Crippen molar-refractivity contribution in [3.8, 4) is 28.6 Å². The van der Waals surface area contributed by atoms with Crippen molar-refractivity contribution in [1.82, 2.24) is 20.1 Å². The van der Waals surface area contributed by atoms with Crippen LogP contribution in [0.2, 0.25) is 0 Å². The highest BCUT2D eigenvalue weighted by molar-refractivity contribution is 7.99. The van der Waals surface area contributed by atoms with E-state index in [0.29, 0.717) is 10.9 Å². The molecule has 7 heteroatoms. The summed E-state index contributed by atoms with van der Waals surface area (Å²) in [5.74, 6) is 0.0796. The second-order valence-corrected chi connectivity index (χ2v) is 8.91. The van der Waals surface area contributed by atoms with Gasteiger partial charge in [0.25, 0.3) is 0 Å². The Hall–Kier alpha value is -3.24. The van der Waals surface area contributed by atoms with Gasteiger partial charge >= 0.3 is 0 Å². The molecule has 0 bridgehead atoms. The van der Waals surface area contributed by atoms with Crippen LogP contribution in [0.4, 0.5) is 0 Å². The standard InChI is InChI=1S/C25H25N5OS/c1-30(25(18-26)15-9-4-10-16-25)21(31)17-32-24-27-22(19-11-5-2-6-12-19)23(28-29-24)20-13-7-3-8-14-20/h2-3,5-8,11-14H,4,9-10,15-17H2,1H3. The first-order valence-electron chi connectivity index (χ1n) is 10.8. The molecule has 6 nitrogen and oxygen atoms in total. The van der Waals surface area contributed by atoms with Crippen molar-refractivity contribution in [2.24, 2.45) is 0 Å². The summed E-state index contributed by atoms with van der Waals surface area (Å²) in [7, 11) is 1.74. The zero-order chi connectivity index (χ0) is 22.4. The Balaban J connectivity index is 1.56. The van der Waals surface area contributed by atoms with Crippen LogP contribution < -0.4 is 0 Å². The molecule has 1 aliphatic rings. The van der Waals surface area contributed by atoms with Gasteiger partial charge in [0.15, 0.2) is 0 Å². The number of thioether (sulfide) groups is 1. The lowest BCUT2D eigenvalue weighted by molar-refractivity contribution is -0.131. The van der Waals surface area contributed by atoms with Gasteiger partial charge < -0.3 is 4.90 Å². The van der Waals surface area contributed by atoms with E-state index in [0.717, 1.165) is 48.9 Å². The minimum Gasteiger partial charge on any atom is -0.326 e. The first-order chi connectivity index (χ1) is 15.6. The van der Waals surface area contributed by atoms with Gasteiger partial charge in [0, 0.05) is 18.2 Å². The zero-order valence-corrected chi connectivity index (χ0v) is 18.9. The second-order valence-electron chi connectivity index (χ2n) is 7.97. The van der Waals surface area contributed by atoms with Crippen LogP contribution in [0.25, 0.3) is 22.5 Å². The number of aromatic nitrogens is 3. The highest BCUT2D eigenvalue weighted by Crippen LogP contribution is 2.33. The predicted molar refractivity (Wildman–Crippen MR) is 126 cm³/mol. The largest absolute Gasteiger partial charge is 0.326 e. The third-order valence-electron chi connectivity index (χ3n) is 5.99. The zero-order valence-electron chi connectivity index (χ0n) is 18.1. The van der Waals surface area contributed by atoms with Crippen LogP contribution in [0.3, 0.4) is 0 Å². The average Bonchev–Trinajstić information content (AvgIpc) is 2.88. The van der Waals surface area contributed by atoms with E-state index >= 15 is 0 Å². The molecule has 1 heterocycles. The molecule has 3 aromatic rings. The molecule has 4 rings (SSSR count). The van der Waals surface area contributed by atoms with Gasteiger partial charge in [0.1, 0.15) is 16.9 Å². The third kappa shape index (κ3) is 4.66. The molecule has 0 spiro atoms. The SMILES string of the molecule is CN(C(=O)CSc1nnc(-c2ccccc2)c(-c2ccccc2)n1)C1(C#N)CCCCC1. The number of amides is 1. The predicted octanol–water partition coefficient (Wildman–Crippen LogP) is 4.98. The Morgan fingerprint density at radius 2 is 1.56 bits per heavy atom. The fourth-order valence-electron chi connectivity index (χ4n) is 4.08. The van der Waals surface area contributed by atoms with E-state index in [9.17, 15) is 10.1 Å². The minimum atomic E-state index is -0.693. The highest BCUT2D eigenvalue weighted by Gasteiger charge is 2.38. The topological polar surface area (TPSA) is 82.8 Å². The number of carbonyl (C=O) groups excluding carboxylic acids is 1. The molecule has 0 atom stereocenters. The first kappa shape index (κ1) is 22.0. The molecule has 2 aromatic carbocycles. The van der Waals surface area contributed by atoms with Crippen LogP contribution >= 0.6 is 11.8 Å². The van der Waals surface area contributed by atoms with E-state index in [2.05, 4.69) is 16.3 Å². The van der Waals surface area contributed by atoms with Gasteiger partial charge in [-0.3, -0.25) is 4.79 Å². The summed E-state index contributed by atoms with van der Waals surface area (Å²) in [4.78, 5) is 19.3. The van der Waals surface area contributed by atoms with Crippen LogP contribution in [0.5, 0.6) is 0 Å². The minimum absolute atomic E-state index is 0.0875. The summed E-state index contributed by atoms with van der Waals surface area (Å²) in [6.07, 6.45) is 4.55. The average molecular weight is 444 g/mol. The van der Waals surface area contributed by atoms with Crippen molar-refractivity contribution >= 4 is 17.7 Å². The molecule has 1 aliphatic carbocycles. The van der Waals surface area contributed by atoms with Crippen molar-refractivity contribution in [2.75, 3.05) is 12.8 Å². The lowest BCUT2D eigenvalue weighted by Crippen LogP contribution is -2.50. The van der Waals surface area contributed by atoms with Gasteiger partial charge in [0.05, 0.1) is 11.8 Å². The molecule has 0 saturated heterocycles. The van der Waals surface area contributed by atoms with Gasteiger partial charge in [0.2, 0.25) is 11.1 Å². The Labute approximate surface area is 192 Å². The van der Waals surface area contributed by atoms with E-state index in [4.69, 9.17) is 4.98 Å². The molecule has 1 amide bonds. The smallest absolute Gasteiger partial charge is 0.234 e. The number of carbonyl (C=O) groups is 1. The van der Waals surface area contributed by atoms with Crippen LogP contribution in [0.15, 0.2) is 65.8 Å². The summed E-state index contributed by atoms with van der Waals surface area (Å²) >= 11 is 1.26. The van der Waals surface area contributed by atoms with Crippen molar-refractivity contribution < 1.29 is 4.79 Å². The Kier molecular flexibility index (Phi) is 6.81. The fourth-order valence-corrected chi connectivity index (χ4v) is 4.78. The van der Waals surface area contributed by atoms with Crippen LogP contribution in [0.1, 0.15) is 32.1 Å². The number of rotatable bonds is 6. The maximum Gasteiger partial charge on any atom is 0.234 e. The van der Waals surface area contributed by atoms with Crippen molar-refractivity contribution in [3.05, 3.63) is 60.7 Å². The summed E-state index contributed by atoms with van der Waals surface area (Å²) in [5, 5.41) is 19.0. The monoisotopic (exact) mass is 443 g/mol. The highest BCUT2D eigenvalue weighted by atomic mass is 32.2. The Bertz CT molecular complexity index is 1110. The van der Waals surface area contributed by atoms with E-state index < -0.39 is 5.54 Å². The lowest BCUT2D eigenvalue weighted by atomic mass is 9.81. The van der Waals surface area contributed by atoms with Gasteiger partial charge in [-0.25, -0.2) is 4.98 Å². The van der Waals surface area contributed by atoms with Gasteiger partial charge in [-0.1, -0.05) is 91.7 Å². The fraction of sp³-hybridized carbons (Fsp3) is 0.320. The van der Waals surface area contributed by atoms with Gasteiger partial charge in [-0.05, 0) is 12.8 Å². The normalized spacial score (nSPS) is 15.0. The molecule has 0 unspecified atom stereocenters. The number of hydrogen-bond acceptors (Lipinski definition) is 6. The summed E-state index contributed by atoms with van der Waals surface area (Å²) in [6, 6.07) is 22.1. The summed E-state index contributed by atoms with van der Waals surface area (Å²) < 4.78 is 0. The summed E-state index contributed by atoms with van der Waals surface area (Å²) in [6.45, 7) is 0. The molecule has 32 heavy (non-hydrogen) atoms. The van der Waals surface area contributed by atoms with Crippen molar-refractivity contribution in [1.29, 1.82) is 5.26 Å². The van der Waals surface area contributed by atoms with Crippen LogP contribution in [-0.4, -0.2) is 44.3 Å². The van der Waals surface area contributed by atoms with E-state index in [1.165, 1.54) is 11.8 Å². The molecule has 0 N–H and O–H groups in total. The molecule has 162 valence electrons. The molecular formula is C25H25N5OS. The van der Waals surface area contributed by atoms with Crippen molar-refractivity contribution in [3.63, 3.8) is 0 Å². The van der Waals surface area contributed by atoms with Crippen molar-refractivity contribution in [2.45, 2.75) is 42.8 Å². The number of nitrogens with zero attached hydrogens (tertiary/aromatic N) is 5. The van der Waals surface area contributed by atoms with Gasteiger partial charge in [-0.15, -0.1) is 10.2 Å². The van der Waals surface area contributed by atoms with Gasteiger partial charge in [-0.2, -0.15) is 5.26 Å². The lowest BCUT2D eigenvalue weighted by Gasteiger charge is -2.39. The number of benzene rings is 2. The molecule has 1 saturated carbocycles. The number of nitriles is 1. The first-order valence-corrected chi connectivity index (χ1v) is 11.8. The third-order valence-corrected chi connectivity index (χ3v) is 6.81. The second kappa shape index (κ2) is 9.92. The molecular weight excluding hydrogens is 418 g/mol. The summed E-state index contributed by atoms with van der Waals surface area (Å²) in [5.41, 5.74) is 2.62. The van der Waals surface area contributed by atoms with Crippen LogP contribution in [0, 0.1) is 11.3 Å². The van der Waals surface area contributed by atoms with E-state index in [1.807, 2.05) is 60.7 Å². The Morgan fingerprint density at radius 1 is 0.969 bits per heavy atom. The molecule has 1 fully saturated rings. The number of hydrogen-bond donors (Lipinski definition) is 0. The maximum atomic E-state index is 12.9.